The second kappa shape index (κ2) is 8.22. The molecule has 8 nitrogen and oxygen atoms in total. The molecule has 0 bridgehead atoms. The van der Waals surface area contributed by atoms with E-state index in [9.17, 15) is 14.4 Å². The maximum Gasteiger partial charge on any atom is 0.408 e. The van der Waals surface area contributed by atoms with Crippen LogP contribution in [0.5, 0.6) is 11.5 Å². The van der Waals surface area contributed by atoms with Gasteiger partial charge in [0.2, 0.25) is 6.79 Å². The first-order valence-electron chi connectivity index (χ1n) is 8.07. The Balaban J connectivity index is 1.68. The van der Waals surface area contributed by atoms with E-state index < -0.39 is 23.9 Å². The minimum Gasteiger partial charge on any atom is -0.467 e. The Labute approximate surface area is 155 Å². The van der Waals surface area contributed by atoms with Crippen LogP contribution in [0.3, 0.4) is 0 Å². The third-order valence-electron chi connectivity index (χ3n) is 3.83. The number of nitrogens with one attached hydrogen (secondary N) is 1. The number of hydrogen-bond acceptors (Lipinski definition) is 7. The first kappa shape index (κ1) is 18.2. The topological polar surface area (TPSA) is 100 Å². The van der Waals surface area contributed by atoms with Crippen molar-refractivity contribution in [2.24, 2.45) is 0 Å². The SMILES string of the molecule is COC(=O)[C@@H](NC(=O)OCc1ccccc1)C(=O)c1ccc2c(c1)OCO2. The van der Waals surface area contributed by atoms with Crippen LogP contribution < -0.4 is 14.8 Å². The number of benzene rings is 2. The van der Waals surface area contributed by atoms with E-state index in [0.717, 1.165) is 12.7 Å². The lowest BCUT2D eigenvalue weighted by molar-refractivity contribution is -0.141. The van der Waals surface area contributed by atoms with Crippen molar-refractivity contribution in [3.05, 3.63) is 59.7 Å². The lowest BCUT2D eigenvalue weighted by atomic mass is 10.0. The van der Waals surface area contributed by atoms with E-state index in [1.54, 1.807) is 30.3 Å². The maximum atomic E-state index is 12.7. The quantitative estimate of drug-likeness (QED) is 0.471. The fraction of sp³-hybridized carbons (Fsp3) is 0.211. The van der Waals surface area contributed by atoms with Gasteiger partial charge in [-0.1, -0.05) is 30.3 Å². The Morgan fingerprint density at radius 1 is 1.07 bits per heavy atom. The summed E-state index contributed by atoms with van der Waals surface area (Å²) in [4.78, 5) is 36.7. The number of carbonyl (C=O) groups is 3. The average molecular weight is 371 g/mol. The molecule has 2 aromatic rings. The van der Waals surface area contributed by atoms with Crippen molar-refractivity contribution in [1.82, 2.24) is 5.32 Å². The summed E-state index contributed by atoms with van der Waals surface area (Å²) in [5.41, 5.74) is 0.933. The van der Waals surface area contributed by atoms with Crippen LogP contribution in [-0.2, 0) is 20.9 Å². The van der Waals surface area contributed by atoms with Gasteiger partial charge in [-0.2, -0.15) is 0 Å². The molecule has 0 fully saturated rings. The van der Waals surface area contributed by atoms with Crippen LogP contribution in [0.1, 0.15) is 15.9 Å². The number of ether oxygens (including phenoxy) is 4. The number of fused-ring (bicyclic) bond motifs is 1. The van der Waals surface area contributed by atoms with E-state index >= 15 is 0 Å². The van der Waals surface area contributed by atoms with Crippen LogP contribution in [0, 0.1) is 0 Å². The number of carbonyl (C=O) groups excluding carboxylic acids is 3. The number of rotatable bonds is 6. The monoisotopic (exact) mass is 371 g/mol. The molecule has 27 heavy (non-hydrogen) atoms. The predicted octanol–water partition coefficient (Wildman–Crippen LogP) is 2.07. The zero-order valence-corrected chi connectivity index (χ0v) is 14.5. The summed E-state index contributed by atoms with van der Waals surface area (Å²) in [6, 6.07) is 11.9. The van der Waals surface area contributed by atoms with Crippen molar-refractivity contribution < 1.29 is 33.3 Å². The highest BCUT2D eigenvalue weighted by molar-refractivity contribution is 6.13. The summed E-state index contributed by atoms with van der Waals surface area (Å²) in [7, 11) is 1.12. The van der Waals surface area contributed by atoms with Crippen molar-refractivity contribution in [2.75, 3.05) is 13.9 Å². The molecule has 140 valence electrons. The van der Waals surface area contributed by atoms with E-state index in [1.807, 2.05) is 6.07 Å². The Morgan fingerprint density at radius 2 is 1.81 bits per heavy atom. The normalized spacial score (nSPS) is 12.8. The van der Waals surface area contributed by atoms with Crippen molar-refractivity contribution >= 4 is 17.8 Å². The van der Waals surface area contributed by atoms with Crippen molar-refractivity contribution in [3.8, 4) is 11.5 Å². The Hall–Kier alpha value is -3.55. The van der Waals surface area contributed by atoms with Gasteiger partial charge >= 0.3 is 12.1 Å². The summed E-state index contributed by atoms with van der Waals surface area (Å²) in [6.07, 6.45) is -0.914. The molecule has 0 aromatic heterocycles. The molecular weight excluding hydrogens is 354 g/mol. The molecule has 1 aliphatic rings. The van der Waals surface area contributed by atoms with E-state index in [0.29, 0.717) is 11.5 Å². The van der Waals surface area contributed by atoms with Gasteiger partial charge in [0.1, 0.15) is 6.61 Å². The summed E-state index contributed by atoms with van der Waals surface area (Å²) >= 11 is 0. The molecule has 0 unspecified atom stereocenters. The van der Waals surface area contributed by atoms with Crippen LogP contribution in [0.2, 0.25) is 0 Å². The number of hydrogen-bond donors (Lipinski definition) is 1. The predicted molar refractivity (Wildman–Crippen MR) is 92.5 cm³/mol. The highest BCUT2D eigenvalue weighted by Gasteiger charge is 2.32. The highest BCUT2D eigenvalue weighted by Crippen LogP contribution is 2.32. The molecule has 1 amide bonds. The summed E-state index contributed by atoms with van der Waals surface area (Å²) in [5.74, 6) is -0.682. The molecule has 0 spiro atoms. The fourth-order valence-electron chi connectivity index (χ4n) is 2.45. The number of methoxy groups -OCH3 is 1. The van der Waals surface area contributed by atoms with Crippen molar-refractivity contribution in [3.63, 3.8) is 0 Å². The van der Waals surface area contributed by atoms with Gasteiger partial charge in [0, 0.05) is 5.56 Å². The van der Waals surface area contributed by atoms with Gasteiger partial charge < -0.3 is 24.3 Å². The molecule has 1 aliphatic heterocycles. The summed E-state index contributed by atoms with van der Waals surface area (Å²) < 4.78 is 20.1. The first-order valence-corrected chi connectivity index (χ1v) is 8.07. The molecule has 0 saturated carbocycles. The van der Waals surface area contributed by atoms with Crippen LogP contribution in [0.4, 0.5) is 4.79 Å². The van der Waals surface area contributed by atoms with Gasteiger partial charge in [0.15, 0.2) is 23.3 Å². The summed E-state index contributed by atoms with van der Waals surface area (Å²) in [5, 5.41) is 2.25. The molecule has 1 N–H and O–H groups in total. The van der Waals surface area contributed by atoms with Gasteiger partial charge in [-0.3, -0.25) is 4.79 Å². The van der Waals surface area contributed by atoms with E-state index in [-0.39, 0.29) is 19.0 Å². The maximum absolute atomic E-state index is 12.7. The zero-order chi connectivity index (χ0) is 19.2. The third-order valence-corrected chi connectivity index (χ3v) is 3.83. The largest absolute Gasteiger partial charge is 0.467 e. The van der Waals surface area contributed by atoms with Crippen LogP contribution in [-0.4, -0.2) is 37.8 Å². The minimum absolute atomic E-state index is 0.00121. The van der Waals surface area contributed by atoms with Crippen LogP contribution >= 0.6 is 0 Å². The lowest BCUT2D eigenvalue weighted by Crippen LogP contribution is -2.47. The molecule has 1 atom stereocenters. The minimum atomic E-state index is -1.54. The summed E-state index contributed by atoms with van der Waals surface area (Å²) in [6.45, 7) is 0.0518. The smallest absolute Gasteiger partial charge is 0.408 e. The molecule has 0 saturated heterocycles. The van der Waals surface area contributed by atoms with E-state index in [1.165, 1.54) is 12.1 Å². The number of ketones is 1. The van der Waals surface area contributed by atoms with Gasteiger partial charge in [-0.25, -0.2) is 9.59 Å². The molecule has 3 rings (SSSR count). The Morgan fingerprint density at radius 3 is 2.56 bits per heavy atom. The van der Waals surface area contributed by atoms with Gasteiger partial charge in [0.25, 0.3) is 0 Å². The van der Waals surface area contributed by atoms with Crippen LogP contribution in [0.25, 0.3) is 0 Å². The molecular formula is C19H17NO7. The van der Waals surface area contributed by atoms with Gasteiger partial charge in [0.05, 0.1) is 7.11 Å². The molecule has 0 radical (unpaired) electrons. The second-order valence-electron chi connectivity index (χ2n) is 5.59. The highest BCUT2D eigenvalue weighted by atomic mass is 16.7. The Kier molecular flexibility index (Phi) is 5.55. The van der Waals surface area contributed by atoms with E-state index in [2.05, 4.69) is 10.1 Å². The first-order chi connectivity index (χ1) is 13.1. The number of alkyl carbamates (subject to hydrolysis) is 1. The third kappa shape index (κ3) is 4.35. The number of esters is 1. The zero-order valence-electron chi connectivity index (χ0n) is 14.5. The molecule has 8 heteroatoms. The van der Waals surface area contributed by atoms with E-state index in [4.69, 9.17) is 14.2 Å². The molecule has 1 heterocycles. The van der Waals surface area contributed by atoms with Gasteiger partial charge in [-0.15, -0.1) is 0 Å². The second-order valence-corrected chi connectivity index (χ2v) is 5.59. The average Bonchev–Trinajstić information content (AvgIpc) is 3.18. The fourth-order valence-corrected chi connectivity index (χ4v) is 2.45. The molecule has 0 aliphatic carbocycles. The lowest BCUT2D eigenvalue weighted by Gasteiger charge is -2.15. The standard InChI is InChI=1S/C19H17NO7/c1-24-18(22)16(20-19(23)25-10-12-5-3-2-4-6-12)17(21)13-7-8-14-15(9-13)27-11-26-14/h2-9,16H,10-11H2,1H3,(H,20,23)/t16-/m0/s1. The number of Topliss-reactive ketones (excluding diaryl/α,β-unsaturated/α-hetero) is 1. The number of amides is 1. The Bertz CT molecular complexity index is 850. The van der Waals surface area contributed by atoms with Crippen molar-refractivity contribution in [1.29, 1.82) is 0 Å². The van der Waals surface area contributed by atoms with Crippen LogP contribution in [0.15, 0.2) is 48.5 Å². The van der Waals surface area contributed by atoms with Crippen molar-refractivity contribution in [2.45, 2.75) is 12.6 Å². The van der Waals surface area contributed by atoms with Gasteiger partial charge in [-0.05, 0) is 23.8 Å². The molecule has 2 aromatic carbocycles.